The first-order chi connectivity index (χ1) is 8.58. The van der Waals surface area contributed by atoms with Gasteiger partial charge in [0.25, 0.3) is 0 Å². The molecule has 1 saturated heterocycles. The Bertz CT molecular complexity index is 322. The van der Waals surface area contributed by atoms with E-state index in [0.29, 0.717) is 12.8 Å². The molecule has 1 heterocycles. The standard InChI is InChI=1S/C13H22N2O3/c1-3-5-9(6-4-2)12(17)14-10-7-8-11(16)15-13(10)18/h9-10H,3-8H2,1-2H3,(H,14,17)(H,15,16,18)/t10-/m0/s1. The topological polar surface area (TPSA) is 75.3 Å². The third-order valence-corrected chi connectivity index (χ3v) is 3.20. The smallest absolute Gasteiger partial charge is 0.249 e. The van der Waals surface area contributed by atoms with E-state index in [9.17, 15) is 14.4 Å². The van der Waals surface area contributed by atoms with Gasteiger partial charge in [-0.15, -0.1) is 0 Å². The van der Waals surface area contributed by atoms with E-state index in [0.717, 1.165) is 25.7 Å². The van der Waals surface area contributed by atoms with Crippen LogP contribution in [0.3, 0.4) is 0 Å². The zero-order valence-electron chi connectivity index (χ0n) is 11.1. The molecule has 1 aliphatic rings. The molecule has 18 heavy (non-hydrogen) atoms. The van der Waals surface area contributed by atoms with Crippen molar-refractivity contribution in [2.24, 2.45) is 5.92 Å². The maximum Gasteiger partial charge on any atom is 0.249 e. The van der Waals surface area contributed by atoms with Crippen molar-refractivity contribution in [1.82, 2.24) is 10.6 Å². The van der Waals surface area contributed by atoms with Gasteiger partial charge in [0.2, 0.25) is 17.7 Å². The summed E-state index contributed by atoms with van der Waals surface area (Å²) < 4.78 is 0. The molecule has 0 aromatic carbocycles. The largest absolute Gasteiger partial charge is 0.344 e. The average Bonchev–Trinajstić information content (AvgIpc) is 2.32. The van der Waals surface area contributed by atoms with E-state index in [1.54, 1.807) is 0 Å². The van der Waals surface area contributed by atoms with Gasteiger partial charge in [0.1, 0.15) is 6.04 Å². The highest BCUT2D eigenvalue weighted by atomic mass is 16.2. The van der Waals surface area contributed by atoms with Crippen molar-refractivity contribution in [3.63, 3.8) is 0 Å². The predicted octanol–water partition coefficient (Wildman–Crippen LogP) is 1.12. The summed E-state index contributed by atoms with van der Waals surface area (Å²) in [6.45, 7) is 4.09. The van der Waals surface area contributed by atoms with E-state index in [1.807, 2.05) is 13.8 Å². The van der Waals surface area contributed by atoms with Crippen LogP contribution in [-0.2, 0) is 14.4 Å². The van der Waals surface area contributed by atoms with Crippen LogP contribution in [0.25, 0.3) is 0 Å². The lowest BCUT2D eigenvalue weighted by atomic mass is 9.96. The van der Waals surface area contributed by atoms with Gasteiger partial charge >= 0.3 is 0 Å². The number of carbonyl (C=O) groups is 3. The van der Waals surface area contributed by atoms with E-state index in [2.05, 4.69) is 10.6 Å². The molecule has 0 aromatic rings. The van der Waals surface area contributed by atoms with E-state index in [4.69, 9.17) is 0 Å². The summed E-state index contributed by atoms with van der Waals surface area (Å²) in [6.07, 6.45) is 4.28. The summed E-state index contributed by atoms with van der Waals surface area (Å²) in [5.74, 6) is -0.728. The quantitative estimate of drug-likeness (QED) is 0.698. The number of carbonyl (C=O) groups excluding carboxylic acids is 3. The molecule has 102 valence electrons. The molecule has 0 radical (unpaired) electrons. The van der Waals surface area contributed by atoms with Gasteiger partial charge in [-0.25, -0.2) is 0 Å². The van der Waals surface area contributed by atoms with Crippen LogP contribution in [0.15, 0.2) is 0 Å². The van der Waals surface area contributed by atoms with Gasteiger partial charge < -0.3 is 5.32 Å². The highest BCUT2D eigenvalue weighted by Gasteiger charge is 2.29. The maximum absolute atomic E-state index is 12.0. The first-order valence-corrected chi connectivity index (χ1v) is 6.72. The second-order valence-corrected chi connectivity index (χ2v) is 4.79. The van der Waals surface area contributed by atoms with Crippen molar-refractivity contribution >= 4 is 17.7 Å². The van der Waals surface area contributed by atoms with Crippen LogP contribution < -0.4 is 10.6 Å². The molecule has 5 heteroatoms. The Labute approximate surface area is 108 Å². The molecule has 2 N–H and O–H groups in total. The molecule has 0 aromatic heterocycles. The molecule has 1 fully saturated rings. The lowest BCUT2D eigenvalue weighted by Crippen LogP contribution is -2.53. The Morgan fingerprint density at radius 2 is 1.94 bits per heavy atom. The lowest BCUT2D eigenvalue weighted by molar-refractivity contribution is -0.138. The number of piperidine rings is 1. The van der Waals surface area contributed by atoms with Gasteiger partial charge in [-0.2, -0.15) is 0 Å². The van der Waals surface area contributed by atoms with Crippen molar-refractivity contribution in [2.45, 2.75) is 58.4 Å². The van der Waals surface area contributed by atoms with Crippen molar-refractivity contribution in [1.29, 1.82) is 0 Å². The van der Waals surface area contributed by atoms with Crippen LogP contribution >= 0.6 is 0 Å². The number of nitrogens with one attached hydrogen (secondary N) is 2. The van der Waals surface area contributed by atoms with E-state index < -0.39 is 6.04 Å². The molecule has 1 aliphatic heterocycles. The van der Waals surface area contributed by atoms with Gasteiger partial charge in [0.15, 0.2) is 0 Å². The Hall–Kier alpha value is -1.39. The van der Waals surface area contributed by atoms with E-state index >= 15 is 0 Å². The zero-order valence-corrected chi connectivity index (χ0v) is 11.1. The highest BCUT2D eigenvalue weighted by Crippen LogP contribution is 2.15. The fourth-order valence-electron chi connectivity index (χ4n) is 2.22. The lowest BCUT2D eigenvalue weighted by Gasteiger charge is -2.24. The number of hydrogen-bond donors (Lipinski definition) is 2. The first kappa shape index (κ1) is 14.7. The Morgan fingerprint density at radius 1 is 1.33 bits per heavy atom. The molecule has 1 rings (SSSR count). The van der Waals surface area contributed by atoms with Gasteiger partial charge in [-0.05, 0) is 19.3 Å². The molecule has 0 bridgehead atoms. The highest BCUT2D eigenvalue weighted by molar-refractivity contribution is 6.01. The fourth-order valence-corrected chi connectivity index (χ4v) is 2.22. The summed E-state index contributed by atoms with van der Waals surface area (Å²) in [5.41, 5.74) is 0. The Balaban J connectivity index is 2.51. The summed E-state index contributed by atoms with van der Waals surface area (Å²) >= 11 is 0. The molecule has 5 nitrogen and oxygen atoms in total. The van der Waals surface area contributed by atoms with Gasteiger partial charge in [0.05, 0.1) is 0 Å². The number of amides is 3. The molecule has 3 amide bonds. The van der Waals surface area contributed by atoms with Gasteiger partial charge in [-0.1, -0.05) is 26.7 Å². The van der Waals surface area contributed by atoms with Gasteiger partial charge in [0, 0.05) is 12.3 Å². The van der Waals surface area contributed by atoms with Crippen molar-refractivity contribution < 1.29 is 14.4 Å². The SMILES string of the molecule is CCCC(CCC)C(=O)N[C@H]1CCC(=O)NC1=O. The third-order valence-electron chi connectivity index (χ3n) is 3.20. The molecular formula is C13H22N2O3. The van der Waals surface area contributed by atoms with Crippen molar-refractivity contribution in [2.75, 3.05) is 0 Å². The van der Waals surface area contributed by atoms with Gasteiger partial charge in [-0.3, -0.25) is 19.7 Å². The number of rotatable bonds is 6. The van der Waals surface area contributed by atoms with Crippen molar-refractivity contribution in [3.05, 3.63) is 0 Å². The molecular weight excluding hydrogens is 232 g/mol. The summed E-state index contributed by atoms with van der Waals surface area (Å²) in [4.78, 5) is 34.6. The molecule has 0 unspecified atom stereocenters. The normalized spacial score (nSPS) is 19.8. The molecule has 0 saturated carbocycles. The number of imide groups is 1. The monoisotopic (exact) mass is 254 g/mol. The zero-order chi connectivity index (χ0) is 13.5. The van der Waals surface area contributed by atoms with Crippen LogP contribution in [0.2, 0.25) is 0 Å². The summed E-state index contributed by atoms with van der Waals surface area (Å²) in [5, 5.41) is 5.00. The van der Waals surface area contributed by atoms with Crippen LogP contribution in [-0.4, -0.2) is 23.8 Å². The first-order valence-electron chi connectivity index (χ1n) is 6.72. The Kier molecular flexibility index (Phi) is 5.82. The van der Waals surface area contributed by atoms with Crippen molar-refractivity contribution in [3.8, 4) is 0 Å². The predicted molar refractivity (Wildman–Crippen MR) is 67.6 cm³/mol. The molecule has 0 spiro atoms. The fraction of sp³-hybridized carbons (Fsp3) is 0.769. The van der Waals surface area contributed by atoms with E-state index in [-0.39, 0.29) is 23.6 Å². The van der Waals surface area contributed by atoms with Crippen LogP contribution in [0.5, 0.6) is 0 Å². The van der Waals surface area contributed by atoms with Crippen LogP contribution in [0.4, 0.5) is 0 Å². The average molecular weight is 254 g/mol. The van der Waals surface area contributed by atoms with Crippen LogP contribution in [0, 0.1) is 5.92 Å². The van der Waals surface area contributed by atoms with E-state index in [1.165, 1.54) is 0 Å². The molecule has 1 atom stereocenters. The minimum Gasteiger partial charge on any atom is -0.344 e. The minimum atomic E-state index is -0.550. The second-order valence-electron chi connectivity index (χ2n) is 4.79. The second kappa shape index (κ2) is 7.13. The minimum absolute atomic E-state index is 0.0228. The summed E-state index contributed by atoms with van der Waals surface area (Å²) in [7, 11) is 0. The van der Waals surface area contributed by atoms with Crippen LogP contribution in [0.1, 0.15) is 52.4 Å². The summed E-state index contributed by atoms with van der Waals surface area (Å²) in [6, 6.07) is -0.550. The maximum atomic E-state index is 12.0. The number of hydrogen-bond acceptors (Lipinski definition) is 3. The third kappa shape index (κ3) is 4.13. The molecule has 0 aliphatic carbocycles. The Morgan fingerprint density at radius 3 is 2.44 bits per heavy atom.